The number of amides is 2. The first-order valence-electron chi connectivity index (χ1n) is 12.5. The van der Waals surface area contributed by atoms with E-state index in [9.17, 15) is 9.59 Å². The molecule has 3 aliphatic rings. The van der Waals surface area contributed by atoms with Gasteiger partial charge < -0.3 is 20.1 Å². The first-order chi connectivity index (χ1) is 18.1. The molecule has 12 heteroatoms. The number of nitrogens with one attached hydrogen (secondary N) is 3. The predicted octanol–water partition coefficient (Wildman–Crippen LogP) is 1.58. The van der Waals surface area contributed by atoms with Gasteiger partial charge in [0.05, 0.1) is 25.8 Å². The molecule has 4 heterocycles. The summed E-state index contributed by atoms with van der Waals surface area (Å²) >= 11 is 0. The van der Waals surface area contributed by atoms with Crippen molar-refractivity contribution < 1.29 is 19.1 Å². The summed E-state index contributed by atoms with van der Waals surface area (Å²) in [6.07, 6.45) is 5.45. The normalized spacial score (nSPS) is 19.4. The zero-order chi connectivity index (χ0) is 25.2. The Morgan fingerprint density at radius 1 is 1.19 bits per heavy atom. The van der Waals surface area contributed by atoms with E-state index in [2.05, 4.69) is 35.9 Å². The van der Waals surface area contributed by atoms with Gasteiger partial charge in [0.1, 0.15) is 12.4 Å². The molecule has 37 heavy (non-hydrogen) atoms. The summed E-state index contributed by atoms with van der Waals surface area (Å²) < 4.78 is 13.0. The van der Waals surface area contributed by atoms with Crippen molar-refractivity contribution in [1.82, 2.24) is 29.8 Å². The lowest BCUT2D eigenvalue weighted by Crippen LogP contribution is -2.38. The molecule has 1 aliphatic carbocycles. The van der Waals surface area contributed by atoms with E-state index in [-0.39, 0.29) is 12.3 Å². The first kappa shape index (κ1) is 23.4. The van der Waals surface area contributed by atoms with Gasteiger partial charge in [-0.25, -0.2) is 0 Å². The molecule has 6 rings (SSSR count). The van der Waals surface area contributed by atoms with Gasteiger partial charge in [-0.05, 0) is 31.1 Å². The second-order valence-electron chi connectivity index (χ2n) is 9.30. The molecule has 0 spiro atoms. The van der Waals surface area contributed by atoms with Crippen molar-refractivity contribution in [1.29, 1.82) is 0 Å². The van der Waals surface area contributed by atoms with Gasteiger partial charge in [0.15, 0.2) is 5.65 Å². The van der Waals surface area contributed by atoms with E-state index in [4.69, 9.17) is 9.47 Å². The van der Waals surface area contributed by atoms with E-state index in [1.807, 2.05) is 24.3 Å². The Morgan fingerprint density at radius 2 is 2.05 bits per heavy atom. The third kappa shape index (κ3) is 5.54. The second-order valence-corrected chi connectivity index (χ2v) is 9.30. The fraction of sp³-hybridized carbons (Fsp3) is 0.400. The van der Waals surface area contributed by atoms with E-state index in [0.717, 1.165) is 57.1 Å². The molecule has 1 saturated carbocycles. The van der Waals surface area contributed by atoms with Crippen LogP contribution in [0.5, 0.6) is 5.75 Å². The summed E-state index contributed by atoms with van der Waals surface area (Å²) in [5.41, 5.74) is 2.32. The third-order valence-electron chi connectivity index (χ3n) is 6.40. The number of benzene rings is 1. The fourth-order valence-corrected chi connectivity index (χ4v) is 4.27. The number of ether oxygens (including phenoxy) is 2. The molecule has 0 bridgehead atoms. The molecule has 2 saturated heterocycles. The van der Waals surface area contributed by atoms with Crippen molar-refractivity contribution in [2.24, 2.45) is 0 Å². The molecule has 12 nitrogen and oxygen atoms in total. The molecule has 3 N–H and O–H groups in total. The largest absolute Gasteiger partial charge is 0.492 e. The molecule has 3 aromatic rings. The Bertz CT molecular complexity index is 1360. The fourth-order valence-electron chi connectivity index (χ4n) is 4.27. The Hall–Kier alpha value is -4.03. The minimum Gasteiger partial charge on any atom is -0.492 e. The molecular weight excluding hydrogens is 476 g/mol. The van der Waals surface area contributed by atoms with Crippen LogP contribution in [0.1, 0.15) is 24.8 Å². The predicted molar refractivity (Wildman–Crippen MR) is 136 cm³/mol. The van der Waals surface area contributed by atoms with Gasteiger partial charge in [-0.1, -0.05) is 6.07 Å². The van der Waals surface area contributed by atoms with E-state index >= 15 is 0 Å². The minimum atomic E-state index is -0.390. The van der Waals surface area contributed by atoms with Crippen LogP contribution in [0.4, 0.5) is 17.6 Å². The molecule has 2 amide bonds. The Labute approximate surface area is 213 Å². The van der Waals surface area contributed by atoms with Crippen LogP contribution in [0.15, 0.2) is 36.0 Å². The van der Waals surface area contributed by atoms with Gasteiger partial charge in [0.2, 0.25) is 17.8 Å². The monoisotopic (exact) mass is 504 g/mol. The van der Waals surface area contributed by atoms with Crippen LogP contribution in [0.2, 0.25) is 0 Å². The Morgan fingerprint density at radius 3 is 2.84 bits per heavy atom. The first-order valence-corrected chi connectivity index (χ1v) is 12.5. The number of rotatable bonds is 9. The summed E-state index contributed by atoms with van der Waals surface area (Å²) in [5, 5.41) is 13.4. The highest BCUT2D eigenvalue weighted by Crippen LogP contribution is 2.27. The zero-order valence-electron chi connectivity index (χ0n) is 20.3. The highest BCUT2D eigenvalue weighted by molar-refractivity contribution is 6.15. The van der Waals surface area contributed by atoms with E-state index in [1.165, 1.54) is 0 Å². The van der Waals surface area contributed by atoms with E-state index in [0.29, 0.717) is 41.3 Å². The summed E-state index contributed by atoms with van der Waals surface area (Å²) in [5.74, 6) is 0.992. The number of carbonyl (C=O) groups is 2. The molecule has 2 aromatic heterocycles. The molecule has 1 aromatic carbocycles. The molecule has 3 fully saturated rings. The van der Waals surface area contributed by atoms with Gasteiger partial charge in [-0.15, -0.1) is 0 Å². The lowest BCUT2D eigenvalue weighted by molar-refractivity contribution is -0.124. The number of aromatic nitrogens is 4. The lowest BCUT2D eigenvalue weighted by Gasteiger charge is -2.26. The number of anilines is 3. The third-order valence-corrected chi connectivity index (χ3v) is 6.40. The number of hydrogen-bond acceptors (Lipinski definition) is 10. The van der Waals surface area contributed by atoms with Crippen molar-refractivity contribution in [3.63, 3.8) is 0 Å². The number of fused-ring (bicyclic) bond motifs is 1. The van der Waals surface area contributed by atoms with Crippen LogP contribution in [-0.2, 0) is 14.3 Å². The van der Waals surface area contributed by atoms with Gasteiger partial charge in [0, 0.05) is 48.6 Å². The van der Waals surface area contributed by atoms with Crippen LogP contribution in [-0.4, -0.2) is 81.8 Å². The van der Waals surface area contributed by atoms with Crippen LogP contribution < -0.4 is 20.7 Å². The summed E-state index contributed by atoms with van der Waals surface area (Å²) in [6, 6.07) is 8.01. The van der Waals surface area contributed by atoms with E-state index in [1.54, 1.807) is 16.8 Å². The average molecular weight is 505 g/mol. The standard InChI is InChI=1S/C25H28N8O4/c34-21-13-16(23(35)29-21)12-17-15-26-33-22(17)30-24(31-25(33)28-18-4-5-18)27-19-2-1-3-20(14-19)37-11-8-32-6-9-36-10-7-32/h1-3,12,14-15,18H,4-11,13H2,(H,29,34,35)(H2,27,28,30,31)/b16-12+. The second kappa shape index (κ2) is 10.1. The highest BCUT2D eigenvalue weighted by Gasteiger charge is 2.26. The van der Waals surface area contributed by atoms with Crippen LogP contribution >= 0.6 is 0 Å². The van der Waals surface area contributed by atoms with Crippen molar-refractivity contribution in [2.75, 3.05) is 50.1 Å². The highest BCUT2D eigenvalue weighted by atomic mass is 16.5. The Kier molecular flexibility index (Phi) is 6.41. The number of hydrogen-bond donors (Lipinski definition) is 3. The van der Waals surface area contributed by atoms with Crippen LogP contribution in [0.3, 0.4) is 0 Å². The van der Waals surface area contributed by atoms with Gasteiger partial charge in [-0.2, -0.15) is 19.6 Å². The lowest BCUT2D eigenvalue weighted by atomic mass is 10.1. The van der Waals surface area contributed by atoms with Crippen molar-refractivity contribution in [3.05, 3.63) is 41.6 Å². The van der Waals surface area contributed by atoms with Crippen molar-refractivity contribution >= 4 is 41.1 Å². The van der Waals surface area contributed by atoms with Gasteiger partial charge >= 0.3 is 0 Å². The van der Waals surface area contributed by atoms with Crippen molar-refractivity contribution in [2.45, 2.75) is 25.3 Å². The maximum absolute atomic E-state index is 12.1. The van der Waals surface area contributed by atoms with Gasteiger partial charge in [0.25, 0.3) is 5.91 Å². The van der Waals surface area contributed by atoms with E-state index < -0.39 is 5.91 Å². The summed E-state index contributed by atoms with van der Waals surface area (Å²) in [7, 11) is 0. The number of imide groups is 1. The summed E-state index contributed by atoms with van der Waals surface area (Å²) in [4.78, 5) is 35.3. The molecule has 0 unspecified atom stereocenters. The smallest absolute Gasteiger partial charge is 0.254 e. The molecule has 192 valence electrons. The quantitative estimate of drug-likeness (QED) is 0.291. The van der Waals surface area contributed by atoms with Crippen molar-refractivity contribution in [3.8, 4) is 5.75 Å². The SMILES string of the molecule is O=C1C/C(=C\c2cnn3c(NC4CC4)nc(Nc4cccc(OCCN5CCOCC5)c4)nc23)C(=O)N1. The zero-order valence-corrected chi connectivity index (χ0v) is 20.3. The average Bonchev–Trinajstić information content (AvgIpc) is 3.53. The number of carbonyl (C=O) groups excluding carboxylic acids is 2. The minimum absolute atomic E-state index is 0.0396. The maximum Gasteiger partial charge on any atom is 0.254 e. The number of nitrogens with zero attached hydrogens (tertiary/aromatic N) is 5. The molecule has 0 radical (unpaired) electrons. The Balaban J connectivity index is 1.22. The number of morpholine rings is 1. The molecule has 2 aliphatic heterocycles. The van der Waals surface area contributed by atoms with Gasteiger partial charge in [-0.3, -0.25) is 19.8 Å². The maximum atomic E-state index is 12.1. The van der Waals surface area contributed by atoms with Crippen LogP contribution in [0.25, 0.3) is 11.7 Å². The van der Waals surface area contributed by atoms with Crippen LogP contribution in [0, 0.1) is 0 Å². The molecular formula is C25H28N8O4. The summed E-state index contributed by atoms with van der Waals surface area (Å²) in [6.45, 7) is 4.82. The topological polar surface area (TPSA) is 135 Å². The molecule has 0 atom stereocenters.